The van der Waals surface area contributed by atoms with Crippen molar-refractivity contribution in [2.45, 2.75) is 19.4 Å². The van der Waals surface area contributed by atoms with Gasteiger partial charge in [-0.25, -0.2) is 0 Å². The van der Waals surface area contributed by atoms with E-state index in [9.17, 15) is 4.79 Å². The first-order chi connectivity index (χ1) is 7.42. The molecular formula is C12H19N3O. The highest BCUT2D eigenvalue weighted by molar-refractivity contribution is 5.85. The van der Waals surface area contributed by atoms with Crippen molar-refractivity contribution in [3.63, 3.8) is 0 Å². The van der Waals surface area contributed by atoms with E-state index in [2.05, 4.69) is 0 Å². The Hall–Kier alpha value is -1.55. The SMILES string of the molecule is CCN(C)C(C)(C(N)=O)c1ccc(N)cc1. The molecular weight excluding hydrogens is 202 g/mol. The van der Waals surface area contributed by atoms with Gasteiger partial charge in [0.2, 0.25) is 5.91 Å². The van der Waals surface area contributed by atoms with Crippen molar-refractivity contribution >= 4 is 11.6 Å². The van der Waals surface area contributed by atoms with E-state index >= 15 is 0 Å². The lowest BCUT2D eigenvalue weighted by atomic mass is 9.89. The molecule has 0 fully saturated rings. The molecule has 0 aliphatic carbocycles. The zero-order valence-electron chi connectivity index (χ0n) is 10.0. The molecule has 1 amide bonds. The Morgan fingerprint density at radius 1 is 1.38 bits per heavy atom. The zero-order chi connectivity index (χ0) is 12.3. The number of carbonyl (C=O) groups is 1. The second-order valence-corrected chi connectivity index (χ2v) is 4.07. The second kappa shape index (κ2) is 4.53. The van der Waals surface area contributed by atoms with Crippen LogP contribution in [0.2, 0.25) is 0 Å². The molecule has 4 N–H and O–H groups in total. The normalized spacial score (nSPS) is 14.8. The van der Waals surface area contributed by atoms with Gasteiger partial charge in [-0.3, -0.25) is 9.69 Å². The molecule has 4 heteroatoms. The molecule has 1 aromatic rings. The Balaban J connectivity index is 3.21. The summed E-state index contributed by atoms with van der Waals surface area (Å²) in [6.45, 7) is 4.55. The van der Waals surface area contributed by atoms with E-state index in [1.807, 2.05) is 37.9 Å². The molecule has 1 atom stereocenters. The summed E-state index contributed by atoms with van der Waals surface area (Å²) in [5, 5.41) is 0. The van der Waals surface area contributed by atoms with Crippen molar-refractivity contribution in [3.8, 4) is 0 Å². The Labute approximate surface area is 96.2 Å². The number of nitrogens with two attached hydrogens (primary N) is 2. The van der Waals surface area contributed by atoms with Crippen molar-refractivity contribution in [1.29, 1.82) is 0 Å². The van der Waals surface area contributed by atoms with E-state index in [0.29, 0.717) is 5.69 Å². The lowest BCUT2D eigenvalue weighted by Gasteiger charge is -2.35. The summed E-state index contributed by atoms with van der Waals surface area (Å²) in [6.07, 6.45) is 0. The molecule has 4 nitrogen and oxygen atoms in total. The number of hydrogen-bond acceptors (Lipinski definition) is 3. The fourth-order valence-electron chi connectivity index (χ4n) is 1.67. The van der Waals surface area contributed by atoms with Crippen molar-refractivity contribution in [3.05, 3.63) is 29.8 Å². The van der Waals surface area contributed by atoms with Crippen LogP contribution in [0.4, 0.5) is 5.69 Å². The third-order valence-electron chi connectivity index (χ3n) is 3.19. The van der Waals surface area contributed by atoms with Crippen molar-refractivity contribution in [2.75, 3.05) is 19.3 Å². The van der Waals surface area contributed by atoms with Crippen LogP contribution in [-0.2, 0) is 10.3 Å². The Morgan fingerprint density at radius 3 is 2.25 bits per heavy atom. The molecule has 0 saturated carbocycles. The van der Waals surface area contributed by atoms with Crippen LogP contribution in [0.15, 0.2) is 24.3 Å². The Kier molecular flexibility index (Phi) is 3.55. The number of rotatable bonds is 4. The van der Waals surface area contributed by atoms with Gasteiger partial charge in [0, 0.05) is 5.69 Å². The molecule has 0 saturated heterocycles. The van der Waals surface area contributed by atoms with Crippen molar-refractivity contribution in [2.24, 2.45) is 5.73 Å². The maximum Gasteiger partial charge on any atom is 0.242 e. The van der Waals surface area contributed by atoms with Gasteiger partial charge >= 0.3 is 0 Å². The maximum absolute atomic E-state index is 11.7. The van der Waals surface area contributed by atoms with E-state index in [1.165, 1.54) is 0 Å². The summed E-state index contributed by atoms with van der Waals surface area (Å²) in [6, 6.07) is 7.23. The van der Waals surface area contributed by atoms with Gasteiger partial charge < -0.3 is 11.5 Å². The number of hydrogen-bond donors (Lipinski definition) is 2. The standard InChI is InChI=1S/C12H19N3O/c1-4-15(3)12(2,11(14)16)9-5-7-10(13)8-6-9/h5-8H,4,13H2,1-3H3,(H2,14,16). The largest absolute Gasteiger partial charge is 0.399 e. The molecule has 0 spiro atoms. The smallest absolute Gasteiger partial charge is 0.242 e. The highest BCUT2D eigenvalue weighted by atomic mass is 16.1. The predicted molar refractivity (Wildman–Crippen MR) is 65.7 cm³/mol. The van der Waals surface area contributed by atoms with E-state index in [1.54, 1.807) is 12.1 Å². The third-order valence-corrected chi connectivity index (χ3v) is 3.19. The summed E-state index contributed by atoms with van der Waals surface area (Å²) in [5.74, 6) is -0.360. The fourth-order valence-corrected chi connectivity index (χ4v) is 1.67. The number of primary amides is 1. The molecule has 88 valence electrons. The van der Waals surface area contributed by atoms with Gasteiger partial charge in [0.15, 0.2) is 0 Å². The first-order valence-electron chi connectivity index (χ1n) is 5.30. The average molecular weight is 221 g/mol. The average Bonchev–Trinajstić information content (AvgIpc) is 2.27. The van der Waals surface area contributed by atoms with Crippen LogP contribution in [0.25, 0.3) is 0 Å². The van der Waals surface area contributed by atoms with Gasteiger partial charge in [-0.2, -0.15) is 0 Å². The van der Waals surface area contributed by atoms with Gasteiger partial charge in [0.1, 0.15) is 5.54 Å². The zero-order valence-corrected chi connectivity index (χ0v) is 10.0. The number of nitrogen functional groups attached to an aromatic ring is 1. The molecule has 16 heavy (non-hydrogen) atoms. The van der Waals surface area contributed by atoms with E-state index in [4.69, 9.17) is 11.5 Å². The summed E-state index contributed by atoms with van der Waals surface area (Å²) < 4.78 is 0. The minimum atomic E-state index is -0.789. The van der Waals surface area contributed by atoms with Crippen LogP contribution in [0.1, 0.15) is 19.4 Å². The van der Waals surface area contributed by atoms with Crippen molar-refractivity contribution < 1.29 is 4.79 Å². The number of nitrogens with zero attached hydrogens (tertiary/aromatic N) is 1. The third kappa shape index (κ3) is 2.02. The van der Waals surface area contributed by atoms with Crippen molar-refractivity contribution in [1.82, 2.24) is 4.90 Å². The number of likely N-dealkylation sites (N-methyl/N-ethyl adjacent to an activating group) is 1. The minimum absolute atomic E-state index is 0.360. The highest BCUT2D eigenvalue weighted by Gasteiger charge is 2.36. The highest BCUT2D eigenvalue weighted by Crippen LogP contribution is 2.27. The number of amides is 1. The van der Waals surface area contributed by atoms with Crippen LogP contribution in [0.5, 0.6) is 0 Å². The first-order valence-corrected chi connectivity index (χ1v) is 5.30. The molecule has 0 aromatic heterocycles. The van der Waals surface area contributed by atoms with Gasteiger partial charge in [-0.05, 0) is 38.2 Å². The number of anilines is 1. The molecule has 0 aliphatic rings. The second-order valence-electron chi connectivity index (χ2n) is 4.07. The molecule has 1 unspecified atom stereocenters. The van der Waals surface area contributed by atoms with Crippen LogP contribution in [-0.4, -0.2) is 24.4 Å². The van der Waals surface area contributed by atoms with Crippen LogP contribution in [0, 0.1) is 0 Å². The minimum Gasteiger partial charge on any atom is -0.399 e. The summed E-state index contributed by atoms with van der Waals surface area (Å²) >= 11 is 0. The molecule has 0 heterocycles. The Bertz CT molecular complexity index is 374. The maximum atomic E-state index is 11.7. The van der Waals surface area contributed by atoms with E-state index in [0.717, 1.165) is 12.1 Å². The number of carbonyl (C=O) groups excluding carboxylic acids is 1. The first kappa shape index (κ1) is 12.5. The molecule has 0 radical (unpaired) electrons. The fraction of sp³-hybridized carbons (Fsp3) is 0.417. The summed E-state index contributed by atoms with van der Waals surface area (Å²) in [7, 11) is 1.88. The molecule has 1 aromatic carbocycles. The monoisotopic (exact) mass is 221 g/mol. The summed E-state index contributed by atoms with van der Waals surface area (Å²) in [4.78, 5) is 13.6. The predicted octanol–water partition coefficient (Wildman–Crippen LogP) is 0.921. The summed E-state index contributed by atoms with van der Waals surface area (Å²) in [5.41, 5.74) is 11.9. The Morgan fingerprint density at radius 2 is 1.88 bits per heavy atom. The van der Waals surface area contributed by atoms with Gasteiger partial charge in [0.05, 0.1) is 0 Å². The van der Waals surface area contributed by atoms with Gasteiger partial charge in [-0.1, -0.05) is 19.1 Å². The van der Waals surface area contributed by atoms with Crippen LogP contribution >= 0.6 is 0 Å². The van der Waals surface area contributed by atoms with Gasteiger partial charge in [-0.15, -0.1) is 0 Å². The van der Waals surface area contributed by atoms with E-state index in [-0.39, 0.29) is 5.91 Å². The molecule has 1 rings (SSSR count). The quantitative estimate of drug-likeness (QED) is 0.743. The molecule has 0 bridgehead atoms. The molecule has 0 aliphatic heterocycles. The van der Waals surface area contributed by atoms with E-state index < -0.39 is 5.54 Å². The lowest BCUT2D eigenvalue weighted by Crippen LogP contribution is -2.51. The topological polar surface area (TPSA) is 72.3 Å². The van der Waals surface area contributed by atoms with Crippen LogP contribution in [0.3, 0.4) is 0 Å². The number of benzene rings is 1. The van der Waals surface area contributed by atoms with Gasteiger partial charge in [0.25, 0.3) is 0 Å². The van der Waals surface area contributed by atoms with Crippen LogP contribution < -0.4 is 11.5 Å². The lowest BCUT2D eigenvalue weighted by molar-refractivity contribution is -0.129.